The molecular formula is C4H7F4O4P. The zero-order valence-electron chi connectivity index (χ0n) is 6.16. The van der Waals surface area contributed by atoms with Crippen molar-refractivity contribution in [3.63, 3.8) is 0 Å². The van der Waals surface area contributed by atoms with Gasteiger partial charge >= 0.3 is 20.2 Å². The van der Waals surface area contributed by atoms with E-state index in [0.29, 0.717) is 0 Å². The van der Waals surface area contributed by atoms with Crippen LogP contribution in [0.25, 0.3) is 0 Å². The molecule has 9 heteroatoms. The van der Waals surface area contributed by atoms with Crippen LogP contribution in [0.1, 0.15) is 6.42 Å². The third kappa shape index (κ3) is 5.98. The number of phosphoric acid groups is 1. The van der Waals surface area contributed by atoms with Crippen LogP contribution in [0.2, 0.25) is 0 Å². The predicted molar refractivity (Wildman–Crippen MR) is 33.6 cm³/mol. The Kier molecular flexibility index (Phi) is 4.31. The molecule has 13 heavy (non-hydrogen) atoms. The fraction of sp³-hybridized carbons (Fsp3) is 1.00. The minimum atomic E-state index is -4.86. The number of rotatable bonds is 5. The molecule has 0 unspecified atom stereocenters. The van der Waals surface area contributed by atoms with Gasteiger partial charge in [0, 0.05) is 6.42 Å². The minimum Gasteiger partial charge on any atom is -0.303 e. The number of halogens is 4. The van der Waals surface area contributed by atoms with Gasteiger partial charge in [0.1, 0.15) is 0 Å². The molecule has 0 amide bonds. The first-order valence-corrected chi connectivity index (χ1v) is 4.54. The van der Waals surface area contributed by atoms with Crippen molar-refractivity contribution in [2.24, 2.45) is 0 Å². The average molecular weight is 226 g/mol. The molecule has 0 fully saturated rings. The van der Waals surface area contributed by atoms with E-state index in [0.717, 1.165) is 0 Å². The molecule has 0 aliphatic rings. The lowest BCUT2D eigenvalue weighted by atomic mass is 10.2. The van der Waals surface area contributed by atoms with Gasteiger partial charge in [-0.05, 0) is 0 Å². The molecule has 0 aromatic carbocycles. The van der Waals surface area contributed by atoms with Crippen LogP contribution in [0, 0.1) is 0 Å². The molecule has 0 rings (SSSR count). The summed E-state index contributed by atoms with van der Waals surface area (Å²) < 4.78 is 60.4. The van der Waals surface area contributed by atoms with Gasteiger partial charge in [-0.15, -0.1) is 0 Å². The average Bonchev–Trinajstić information content (AvgIpc) is 1.82. The molecule has 0 aromatic rings. The van der Waals surface area contributed by atoms with Crippen LogP contribution in [-0.2, 0) is 9.09 Å². The summed E-state index contributed by atoms with van der Waals surface area (Å²) in [4.78, 5) is 16.0. The maximum atomic E-state index is 12.0. The van der Waals surface area contributed by atoms with Gasteiger partial charge in [-0.3, -0.25) is 4.52 Å². The summed E-state index contributed by atoms with van der Waals surface area (Å²) in [6.45, 7) is -1.12. The second-order valence-corrected chi connectivity index (χ2v) is 3.37. The first-order valence-electron chi connectivity index (χ1n) is 3.01. The number of phosphoric ester groups is 1. The Morgan fingerprint density at radius 1 is 1.38 bits per heavy atom. The summed E-state index contributed by atoms with van der Waals surface area (Å²) in [6.07, 6.45) is -5.30. The molecule has 0 atom stereocenters. The van der Waals surface area contributed by atoms with E-state index in [-0.39, 0.29) is 0 Å². The van der Waals surface area contributed by atoms with Crippen LogP contribution in [0.4, 0.5) is 17.6 Å². The van der Waals surface area contributed by atoms with E-state index in [9.17, 15) is 22.1 Å². The monoisotopic (exact) mass is 226 g/mol. The summed E-state index contributed by atoms with van der Waals surface area (Å²) in [6, 6.07) is 0. The Morgan fingerprint density at radius 2 is 1.85 bits per heavy atom. The van der Waals surface area contributed by atoms with Gasteiger partial charge in [-0.2, -0.15) is 0 Å². The van der Waals surface area contributed by atoms with Gasteiger partial charge in [0.2, 0.25) is 0 Å². The summed E-state index contributed by atoms with van der Waals surface area (Å²) in [7, 11) is -4.86. The van der Waals surface area contributed by atoms with E-state index < -0.39 is 33.2 Å². The lowest BCUT2D eigenvalue weighted by Gasteiger charge is -2.14. The van der Waals surface area contributed by atoms with Crippen molar-refractivity contribution < 1.29 is 36.4 Å². The lowest BCUT2D eigenvalue weighted by molar-refractivity contribution is -0.137. The first-order chi connectivity index (χ1) is 5.65. The predicted octanol–water partition coefficient (Wildman–Crippen LogP) is 1.39. The third-order valence-electron chi connectivity index (χ3n) is 1.01. The van der Waals surface area contributed by atoms with Crippen molar-refractivity contribution in [1.29, 1.82) is 0 Å². The fourth-order valence-corrected chi connectivity index (χ4v) is 0.739. The zero-order valence-corrected chi connectivity index (χ0v) is 7.06. The van der Waals surface area contributed by atoms with Crippen molar-refractivity contribution in [3.8, 4) is 0 Å². The molecule has 0 aliphatic heterocycles. The highest BCUT2D eigenvalue weighted by Gasteiger charge is 2.40. The van der Waals surface area contributed by atoms with Crippen LogP contribution in [-0.4, -0.2) is 28.7 Å². The van der Waals surface area contributed by atoms with Gasteiger partial charge in [0.25, 0.3) is 0 Å². The second kappa shape index (κ2) is 4.36. The number of hydrogen-bond donors (Lipinski definition) is 2. The summed E-state index contributed by atoms with van der Waals surface area (Å²) >= 11 is 0. The molecule has 2 N–H and O–H groups in total. The zero-order chi connectivity index (χ0) is 10.7. The van der Waals surface area contributed by atoms with Gasteiger partial charge in [0.05, 0.1) is 6.61 Å². The van der Waals surface area contributed by atoms with E-state index >= 15 is 0 Å². The van der Waals surface area contributed by atoms with E-state index in [1.165, 1.54) is 0 Å². The van der Waals surface area contributed by atoms with Crippen LogP contribution >= 0.6 is 7.82 Å². The van der Waals surface area contributed by atoms with Crippen LogP contribution in [0.15, 0.2) is 0 Å². The van der Waals surface area contributed by atoms with Gasteiger partial charge in [-0.25, -0.2) is 22.1 Å². The highest BCUT2D eigenvalue weighted by atomic mass is 31.2. The quantitative estimate of drug-likeness (QED) is 0.549. The van der Waals surface area contributed by atoms with Crippen LogP contribution in [0.5, 0.6) is 0 Å². The largest absolute Gasteiger partial charge is 0.469 e. The van der Waals surface area contributed by atoms with Gasteiger partial charge in [0.15, 0.2) is 0 Å². The standard InChI is InChI=1S/C4H7F4O4P/c5-3(6)4(7,8)1-2-12-13(9,10)11/h3H,1-2H2,(H2,9,10,11). The molecule has 0 saturated heterocycles. The summed E-state index contributed by atoms with van der Waals surface area (Å²) in [5.74, 6) is -4.28. The molecular weight excluding hydrogens is 219 g/mol. The Labute approximate surface area is 70.7 Å². The number of hydrogen-bond acceptors (Lipinski definition) is 2. The molecule has 0 aliphatic carbocycles. The Morgan fingerprint density at radius 3 is 2.15 bits per heavy atom. The van der Waals surface area contributed by atoms with Crippen LogP contribution < -0.4 is 0 Å². The molecule has 0 spiro atoms. The topological polar surface area (TPSA) is 66.8 Å². The van der Waals surface area contributed by atoms with Crippen LogP contribution in [0.3, 0.4) is 0 Å². The van der Waals surface area contributed by atoms with Crippen molar-refractivity contribution >= 4 is 7.82 Å². The lowest BCUT2D eigenvalue weighted by Crippen LogP contribution is -2.27. The summed E-state index contributed by atoms with van der Waals surface area (Å²) in [5.41, 5.74) is 0. The third-order valence-corrected chi connectivity index (χ3v) is 1.53. The second-order valence-electron chi connectivity index (χ2n) is 2.14. The van der Waals surface area contributed by atoms with E-state index in [1.807, 2.05) is 0 Å². The van der Waals surface area contributed by atoms with Crippen molar-refractivity contribution in [2.45, 2.75) is 18.8 Å². The van der Waals surface area contributed by atoms with E-state index in [4.69, 9.17) is 9.79 Å². The molecule has 4 nitrogen and oxygen atoms in total. The normalized spacial score (nSPS) is 13.8. The van der Waals surface area contributed by atoms with Gasteiger partial charge in [-0.1, -0.05) is 0 Å². The maximum Gasteiger partial charge on any atom is 0.469 e. The molecule has 0 saturated carbocycles. The highest BCUT2D eigenvalue weighted by Crippen LogP contribution is 2.37. The summed E-state index contributed by atoms with van der Waals surface area (Å²) in [5, 5.41) is 0. The SMILES string of the molecule is O=P(O)(O)OCCC(F)(F)C(F)F. The minimum absolute atomic E-state index is 1.12. The molecule has 0 heterocycles. The molecule has 0 aromatic heterocycles. The fourth-order valence-electron chi connectivity index (χ4n) is 0.410. The molecule has 0 radical (unpaired) electrons. The maximum absolute atomic E-state index is 12.0. The Bertz CT molecular complexity index is 202. The van der Waals surface area contributed by atoms with Crippen molar-refractivity contribution in [1.82, 2.24) is 0 Å². The Balaban J connectivity index is 3.84. The van der Waals surface area contributed by atoms with Gasteiger partial charge < -0.3 is 9.79 Å². The van der Waals surface area contributed by atoms with E-state index in [1.54, 1.807) is 0 Å². The number of alkyl halides is 4. The highest BCUT2D eigenvalue weighted by molar-refractivity contribution is 7.46. The Hall–Kier alpha value is -0.170. The first kappa shape index (κ1) is 12.8. The van der Waals surface area contributed by atoms with Crippen molar-refractivity contribution in [2.75, 3.05) is 6.61 Å². The smallest absolute Gasteiger partial charge is 0.303 e. The van der Waals surface area contributed by atoms with Crippen molar-refractivity contribution in [3.05, 3.63) is 0 Å². The molecule has 80 valence electrons. The van der Waals surface area contributed by atoms with E-state index in [2.05, 4.69) is 4.52 Å². The molecule has 0 bridgehead atoms.